The molecule has 1 aliphatic carbocycles. The van der Waals surface area contributed by atoms with Crippen molar-refractivity contribution in [1.29, 1.82) is 0 Å². The maximum atomic E-state index is 13.4. The van der Waals surface area contributed by atoms with Gasteiger partial charge in [-0.25, -0.2) is 4.79 Å². The highest BCUT2D eigenvalue weighted by molar-refractivity contribution is 6.32. The van der Waals surface area contributed by atoms with Crippen LogP contribution in [0.5, 0.6) is 11.5 Å². The lowest BCUT2D eigenvalue weighted by atomic mass is 9.73. The Labute approximate surface area is 240 Å². The summed E-state index contributed by atoms with van der Waals surface area (Å²) in [5.41, 5.74) is 6.04. The Morgan fingerprint density at radius 3 is 2.67 bits per heavy atom. The standard InChI is InChI=1S/C30H40ClN3O6/c1-19-8-3-4-12-26(19)40-27-22(10-5-11-23(27)31)30(38,13-7-14-33-29(37)39-2)21-9-6-15-34(18-21)28(36)20-16-24(32)25(35)17-20/h3-5,8,10-12,20-21,24-25,35,38H,6-7,9,13-18,32H2,1-2H3,(H,33,37)/t20-,21+,24+,25-,30-/m0/s1. The molecule has 2 amide bonds. The quantitative estimate of drug-likeness (QED) is 0.332. The molecule has 5 atom stereocenters. The van der Waals surface area contributed by atoms with E-state index >= 15 is 0 Å². The molecule has 0 aromatic heterocycles. The number of aliphatic hydroxyl groups excluding tert-OH is 1. The van der Waals surface area contributed by atoms with Gasteiger partial charge in [0.25, 0.3) is 0 Å². The number of para-hydroxylation sites is 2. The number of hydrogen-bond acceptors (Lipinski definition) is 7. The van der Waals surface area contributed by atoms with Crippen molar-refractivity contribution >= 4 is 23.6 Å². The Morgan fingerprint density at radius 2 is 1.98 bits per heavy atom. The summed E-state index contributed by atoms with van der Waals surface area (Å²) in [6.45, 7) is 3.17. The van der Waals surface area contributed by atoms with Crippen molar-refractivity contribution in [3.63, 3.8) is 0 Å². The number of benzene rings is 2. The smallest absolute Gasteiger partial charge is 0.406 e. The van der Waals surface area contributed by atoms with Crippen LogP contribution in [0.25, 0.3) is 0 Å². The minimum atomic E-state index is -1.41. The number of halogens is 1. The predicted octanol–water partition coefficient (Wildman–Crippen LogP) is 4.10. The first-order valence-electron chi connectivity index (χ1n) is 13.9. The zero-order chi connectivity index (χ0) is 28.9. The second kappa shape index (κ2) is 13.2. The van der Waals surface area contributed by atoms with Gasteiger partial charge in [0.15, 0.2) is 5.75 Å². The summed E-state index contributed by atoms with van der Waals surface area (Å²) in [5.74, 6) is 0.320. The van der Waals surface area contributed by atoms with Crippen molar-refractivity contribution in [3.8, 4) is 11.5 Å². The number of rotatable bonds is 9. The zero-order valence-corrected chi connectivity index (χ0v) is 23.9. The molecule has 2 fully saturated rings. The van der Waals surface area contributed by atoms with Gasteiger partial charge in [-0.2, -0.15) is 0 Å². The molecule has 5 N–H and O–H groups in total. The van der Waals surface area contributed by atoms with Gasteiger partial charge in [0.05, 0.1) is 23.8 Å². The van der Waals surface area contributed by atoms with Gasteiger partial charge < -0.3 is 35.6 Å². The van der Waals surface area contributed by atoms with Gasteiger partial charge in [-0.3, -0.25) is 4.79 Å². The Bertz CT molecular complexity index is 1190. The van der Waals surface area contributed by atoms with Gasteiger partial charge in [0, 0.05) is 43.1 Å². The summed E-state index contributed by atoms with van der Waals surface area (Å²) in [7, 11) is 1.30. The lowest BCUT2D eigenvalue weighted by Gasteiger charge is -2.44. The number of methoxy groups -OCH3 is 1. The molecular formula is C30H40ClN3O6. The van der Waals surface area contributed by atoms with Crippen LogP contribution in [-0.4, -0.2) is 66.0 Å². The normalized spacial score (nSPS) is 24.3. The van der Waals surface area contributed by atoms with E-state index in [9.17, 15) is 19.8 Å². The number of aryl methyl sites for hydroxylation is 1. The second-order valence-electron chi connectivity index (χ2n) is 11.0. The van der Waals surface area contributed by atoms with E-state index in [-0.39, 0.29) is 17.7 Å². The van der Waals surface area contributed by atoms with Crippen molar-refractivity contribution in [1.82, 2.24) is 10.2 Å². The first-order valence-corrected chi connectivity index (χ1v) is 14.3. The summed E-state index contributed by atoms with van der Waals surface area (Å²) >= 11 is 6.68. The highest BCUT2D eigenvalue weighted by Crippen LogP contribution is 2.47. The van der Waals surface area contributed by atoms with Crippen molar-refractivity contribution in [2.75, 3.05) is 26.7 Å². The lowest BCUT2D eigenvalue weighted by molar-refractivity contribution is -0.141. The number of ether oxygens (including phenoxy) is 2. The molecule has 9 nitrogen and oxygen atoms in total. The molecular weight excluding hydrogens is 534 g/mol. The van der Waals surface area contributed by atoms with E-state index in [1.807, 2.05) is 37.3 Å². The second-order valence-corrected chi connectivity index (χ2v) is 11.4. The van der Waals surface area contributed by atoms with E-state index in [1.165, 1.54) is 7.11 Å². The fraction of sp³-hybridized carbons (Fsp3) is 0.533. The van der Waals surface area contributed by atoms with E-state index in [1.54, 1.807) is 17.0 Å². The first-order chi connectivity index (χ1) is 19.1. The minimum absolute atomic E-state index is 0.0334. The number of piperidine rings is 1. The summed E-state index contributed by atoms with van der Waals surface area (Å²) < 4.78 is 11.0. The third kappa shape index (κ3) is 6.71. The van der Waals surface area contributed by atoms with E-state index in [2.05, 4.69) is 10.1 Å². The molecule has 10 heteroatoms. The van der Waals surface area contributed by atoms with Crippen molar-refractivity contribution in [2.45, 2.75) is 63.2 Å². The maximum absolute atomic E-state index is 13.4. The number of likely N-dealkylation sites (tertiary alicyclic amines) is 1. The van der Waals surface area contributed by atoms with Gasteiger partial charge in [-0.05, 0) is 63.1 Å². The number of nitrogens with one attached hydrogen (secondary N) is 1. The molecule has 1 aliphatic heterocycles. The Morgan fingerprint density at radius 1 is 1.20 bits per heavy atom. The third-order valence-electron chi connectivity index (χ3n) is 8.26. The van der Waals surface area contributed by atoms with Crippen LogP contribution < -0.4 is 15.8 Å². The largest absolute Gasteiger partial charge is 0.455 e. The van der Waals surface area contributed by atoms with Crippen molar-refractivity contribution in [2.24, 2.45) is 17.6 Å². The van der Waals surface area contributed by atoms with Crippen molar-refractivity contribution in [3.05, 3.63) is 58.6 Å². The molecule has 1 saturated carbocycles. The van der Waals surface area contributed by atoms with Crippen LogP contribution in [0.4, 0.5) is 4.79 Å². The number of aliphatic hydroxyl groups is 2. The van der Waals surface area contributed by atoms with E-state index < -0.39 is 23.8 Å². The number of carbonyl (C=O) groups is 2. The average molecular weight is 574 g/mol. The topological polar surface area (TPSA) is 134 Å². The number of nitrogens with zero attached hydrogens (tertiary/aromatic N) is 1. The number of nitrogens with two attached hydrogens (primary N) is 1. The summed E-state index contributed by atoms with van der Waals surface area (Å²) in [5, 5.41) is 25.7. The van der Waals surface area contributed by atoms with Crippen LogP contribution in [-0.2, 0) is 15.1 Å². The van der Waals surface area contributed by atoms with E-state index in [0.29, 0.717) is 73.8 Å². The number of carbonyl (C=O) groups excluding carboxylic acids is 2. The molecule has 0 spiro atoms. The van der Waals surface area contributed by atoms with Crippen molar-refractivity contribution < 1.29 is 29.3 Å². The molecule has 1 heterocycles. The van der Waals surface area contributed by atoms with Gasteiger partial charge in [0.2, 0.25) is 5.91 Å². The predicted molar refractivity (Wildman–Crippen MR) is 152 cm³/mol. The van der Waals surface area contributed by atoms with E-state index in [0.717, 1.165) is 12.0 Å². The maximum Gasteiger partial charge on any atom is 0.406 e. The van der Waals surface area contributed by atoms with Crippen LogP contribution in [0, 0.1) is 18.8 Å². The van der Waals surface area contributed by atoms with E-state index in [4.69, 9.17) is 22.1 Å². The fourth-order valence-electron chi connectivity index (χ4n) is 5.99. The highest BCUT2D eigenvalue weighted by atomic mass is 35.5. The Kier molecular flexibility index (Phi) is 9.94. The molecule has 0 unspecified atom stereocenters. The average Bonchev–Trinajstić information content (AvgIpc) is 3.30. The van der Waals surface area contributed by atoms with Crippen LogP contribution in [0.2, 0.25) is 5.02 Å². The molecule has 0 radical (unpaired) electrons. The molecule has 2 aromatic rings. The molecule has 2 aromatic carbocycles. The molecule has 1 saturated heterocycles. The monoisotopic (exact) mass is 573 g/mol. The number of amides is 2. The first kappa shape index (κ1) is 30.1. The summed E-state index contributed by atoms with van der Waals surface area (Å²) in [6, 6.07) is 12.5. The van der Waals surface area contributed by atoms with Crippen LogP contribution in [0.1, 0.15) is 49.7 Å². The molecule has 2 aliphatic rings. The van der Waals surface area contributed by atoms with Gasteiger partial charge in [-0.1, -0.05) is 41.9 Å². The zero-order valence-electron chi connectivity index (χ0n) is 23.1. The molecule has 40 heavy (non-hydrogen) atoms. The summed E-state index contributed by atoms with van der Waals surface area (Å²) in [6.07, 6.45) is 1.74. The van der Waals surface area contributed by atoms with Crippen LogP contribution in [0.15, 0.2) is 42.5 Å². The molecule has 218 valence electrons. The molecule has 4 rings (SSSR count). The third-order valence-corrected chi connectivity index (χ3v) is 8.56. The fourth-order valence-corrected chi connectivity index (χ4v) is 6.20. The van der Waals surface area contributed by atoms with Gasteiger partial charge in [-0.15, -0.1) is 0 Å². The number of alkyl carbamates (subject to hydrolysis) is 1. The molecule has 0 bridgehead atoms. The van der Waals surface area contributed by atoms with Gasteiger partial charge >= 0.3 is 6.09 Å². The van der Waals surface area contributed by atoms with Crippen LogP contribution >= 0.6 is 11.6 Å². The Hall–Kier alpha value is -2.85. The highest BCUT2D eigenvalue weighted by Gasteiger charge is 2.45. The van der Waals surface area contributed by atoms with Gasteiger partial charge in [0.1, 0.15) is 5.75 Å². The number of hydrogen-bond donors (Lipinski definition) is 4. The summed E-state index contributed by atoms with van der Waals surface area (Å²) in [4.78, 5) is 26.9. The SMILES string of the molecule is COC(=O)NCCC[C@@](O)(c1cccc(Cl)c1Oc1ccccc1C)[C@@H]1CCCN(C(=O)[C@H]2C[C@@H](N)[C@@H](O)C2)C1. The van der Waals surface area contributed by atoms with Crippen LogP contribution in [0.3, 0.4) is 0 Å². The Balaban J connectivity index is 1.64. The minimum Gasteiger partial charge on any atom is -0.455 e. The lowest BCUT2D eigenvalue weighted by Crippen LogP contribution is -2.49.